The molecule has 2 aromatic rings. The highest BCUT2D eigenvalue weighted by molar-refractivity contribution is 7.46. The van der Waals surface area contributed by atoms with E-state index >= 15 is 0 Å². The Bertz CT molecular complexity index is 769. The number of H-pyrrole nitrogens is 1. The number of nitrogens with two attached hydrogens (primary N) is 1. The Labute approximate surface area is 129 Å². The summed E-state index contributed by atoms with van der Waals surface area (Å²) in [6.07, 6.45) is 0.614. The van der Waals surface area contributed by atoms with Crippen LogP contribution in [-0.2, 0) is 25.1 Å². The summed E-state index contributed by atoms with van der Waals surface area (Å²) in [6.45, 7) is -0.273. The number of anilines is 1. The van der Waals surface area contributed by atoms with Gasteiger partial charge in [0.15, 0.2) is 17.5 Å². The van der Waals surface area contributed by atoms with Gasteiger partial charge in [-0.05, 0) is 0 Å². The third-order valence-electron chi connectivity index (χ3n) is 2.75. The predicted octanol–water partition coefficient (Wildman–Crippen LogP) is -1.20. The smallest absolute Gasteiger partial charge is 0.369 e. The molecule has 2 heterocycles. The summed E-state index contributed by atoms with van der Waals surface area (Å²) in [5.41, 5.74) is 5.42. The molecule has 0 radical (unpaired) electrons. The van der Waals surface area contributed by atoms with Gasteiger partial charge in [-0.1, -0.05) is 0 Å². The SMILES string of the molecule is COC(Cn1cnc2c(=O)[nH]c(N)nc21)OCCOP(=O)(O)O. The fourth-order valence-corrected chi connectivity index (χ4v) is 2.11. The number of imidazole rings is 1. The molecule has 0 spiro atoms. The summed E-state index contributed by atoms with van der Waals surface area (Å²) in [5.74, 6) is -0.0471. The minimum Gasteiger partial charge on any atom is -0.369 e. The van der Waals surface area contributed by atoms with Crippen LogP contribution in [0.25, 0.3) is 11.2 Å². The van der Waals surface area contributed by atoms with Crippen LogP contribution in [0, 0.1) is 0 Å². The monoisotopic (exact) mass is 349 g/mol. The lowest BCUT2D eigenvalue weighted by molar-refractivity contribution is -0.136. The Morgan fingerprint density at radius 3 is 2.87 bits per heavy atom. The number of nitrogens with zero attached hydrogens (tertiary/aromatic N) is 3. The molecule has 5 N–H and O–H groups in total. The Balaban J connectivity index is 2.02. The molecule has 23 heavy (non-hydrogen) atoms. The van der Waals surface area contributed by atoms with Gasteiger partial charge in [0.25, 0.3) is 5.56 Å². The highest BCUT2D eigenvalue weighted by atomic mass is 31.2. The second kappa shape index (κ2) is 7.17. The summed E-state index contributed by atoms with van der Waals surface area (Å²) < 4.78 is 26.7. The fraction of sp³-hybridized carbons (Fsp3) is 0.500. The Hall–Kier alpha value is -1.82. The Morgan fingerprint density at radius 1 is 1.48 bits per heavy atom. The first-order valence-electron chi connectivity index (χ1n) is 6.35. The third kappa shape index (κ3) is 4.82. The third-order valence-corrected chi connectivity index (χ3v) is 3.27. The predicted molar refractivity (Wildman–Crippen MR) is 77.3 cm³/mol. The molecular formula is C10H16N5O7P. The van der Waals surface area contributed by atoms with Gasteiger partial charge in [0, 0.05) is 7.11 Å². The van der Waals surface area contributed by atoms with Crippen molar-refractivity contribution in [1.82, 2.24) is 19.5 Å². The van der Waals surface area contributed by atoms with E-state index in [2.05, 4.69) is 19.5 Å². The number of phosphoric ester groups is 1. The normalized spacial score (nSPS) is 13.5. The average Bonchev–Trinajstić information content (AvgIpc) is 2.84. The number of hydrogen-bond donors (Lipinski definition) is 4. The van der Waals surface area contributed by atoms with Crippen molar-refractivity contribution in [3.63, 3.8) is 0 Å². The zero-order valence-corrected chi connectivity index (χ0v) is 13.0. The van der Waals surface area contributed by atoms with Crippen LogP contribution in [0.15, 0.2) is 11.1 Å². The van der Waals surface area contributed by atoms with Crippen molar-refractivity contribution in [3.05, 3.63) is 16.7 Å². The van der Waals surface area contributed by atoms with E-state index in [4.69, 9.17) is 25.0 Å². The van der Waals surface area contributed by atoms with E-state index in [9.17, 15) is 9.36 Å². The maximum atomic E-state index is 11.7. The van der Waals surface area contributed by atoms with Gasteiger partial charge in [0.1, 0.15) is 0 Å². The van der Waals surface area contributed by atoms with Gasteiger partial charge in [-0.25, -0.2) is 9.55 Å². The molecule has 2 rings (SSSR count). The topological polar surface area (TPSA) is 175 Å². The van der Waals surface area contributed by atoms with Gasteiger partial charge in [0.2, 0.25) is 5.95 Å². The molecule has 0 aliphatic carbocycles. The van der Waals surface area contributed by atoms with Gasteiger partial charge < -0.3 is 29.6 Å². The van der Waals surface area contributed by atoms with E-state index in [0.29, 0.717) is 0 Å². The quantitative estimate of drug-likeness (QED) is 0.257. The second-order valence-electron chi connectivity index (χ2n) is 4.38. The molecule has 0 saturated heterocycles. The molecule has 0 aliphatic rings. The molecule has 0 fully saturated rings. The van der Waals surface area contributed by atoms with Crippen molar-refractivity contribution in [1.29, 1.82) is 0 Å². The second-order valence-corrected chi connectivity index (χ2v) is 5.62. The van der Waals surface area contributed by atoms with Gasteiger partial charge in [-0.2, -0.15) is 4.98 Å². The molecule has 2 aromatic heterocycles. The van der Waals surface area contributed by atoms with E-state index in [0.717, 1.165) is 0 Å². The highest BCUT2D eigenvalue weighted by Crippen LogP contribution is 2.35. The summed E-state index contributed by atoms with van der Waals surface area (Å²) in [6, 6.07) is 0. The van der Waals surface area contributed by atoms with Crippen LogP contribution in [0.3, 0.4) is 0 Å². The minimum absolute atomic E-state index is 0.0471. The lowest BCUT2D eigenvalue weighted by atomic mass is 10.5. The number of methoxy groups -OCH3 is 1. The molecule has 0 saturated carbocycles. The lowest BCUT2D eigenvalue weighted by Crippen LogP contribution is -2.24. The van der Waals surface area contributed by atoms with Crippen molar-refractivity contribution in [3.8, 4) is 0 Å². The van der Waals surface area contributed by atoms with Gasteiger partial charge in [-0.3, -0.25) is 14.3 Å². The van der Waals surface area contributed by atoms with Crippen molar-refractivity contribution in [2.24, 2.45) is 0 Å². The molecule has 128 valence electrons. The van der Waals surface area contributed by atoms with Crippen LogP contribution in [0.5, 0.6) is 0 Å². The number of nitrogens with one attached hydrogen (secondary N) is 1. The number of ether oxygens (including phenoxy) is 2. The van der Waals surface area contributed by atoms with Crippen molar-refractivity contribution in [2.45, 2.75) is 12.8 Å². The largest absolute Gasteiger partial charge is 0.469 e. The molecule has 12 nitrogen and oxygen atoms in total. The minimum atomic E-state index is -4.53. The number of nitrogen functional groups attached to an aromatic ring is 1. The number of fused-ring (bicyclic) bond motifs is 1. The van der Waals surface area contributed by atoms with Crippen LogP contribution in [0.4, 0.5) is 5.95 Å². The first-order valence-corrected chi connectivity index (χ1v) is 7.88. The fourth-order valence-electron chi connectivity index (χ4n) is 1.80. The number of aromatic nitrogens is 4. The van der Waals surface area contributed by atoms with E-state index < -0.39 is 19.7 Å². The molecule has 1 unspecified atom stereocenters. The lowest BCUT2D eigenvalue weighted by Gasteiger charge is -2.17. The van der Waals surface area contributed by atoms with Crippen molar-refractivity contribution in [2.75, 3.05) is 26.1 Å². The van der Waals surface area contributed by atoms with Crippen molar-refractivity contribution >= 4 is 24.9 Å². The molecule has 1 atom stereocenters. The summed E-state index contributed by atoms with van der Waals surface area (Å²) in [5, 5.41) is 0. The molecule has 13 heteroatoms. The molecule has 0 aliphatic heterocycles. The first kappa shape index (κ1) is 17.5. The van der Waals surface area contributed by atoms with Gasteiger partial charge in [-0.15, -0.1) is 0 Å². The molecule has 0 amide bonds. The zero-order chi connectivity index (χ0) is 17.0. The van der Waals surface area contributed by atoms with Crippen LogP contribution in [0.1, 0.15) is 0 Å². The van der Waals surface area contributed by atoms with Crippen LogP contribution < -0.4 is 11.3 Å². The molecule has 0 bridgehead atoms. The maximum absolute atomic E-state index is 11.7. The summed E-state index contributed by atoms with van der Waals surface area (Å²) in [7, 11) is -3.14. The number of aromatic amines is 1. The zero-order valence-electron chi connectivity index (χ0n) is 12.1. The Kier molecular flexibility index (Phi) is 5.46. The first-order chi connectivity index (χ1) is 10.8. The number of phosphoric acid groups is 1. The standard InChI is InChI=1S/C10H16N5O7P/c1-20-6(21-2-3-22-23(17,18)19)4-15-5-12-7-8(15)13-10(11)14-9(7)16/h5-6H,2-4H2,1H3,(H2,17,18,19)(H3,11,13,14,16). The van der Waals surface area contributed by atoms with E-state index in [1.165, 1.54) is 18.0 Å². The van der Waals surface area contributed by atoms with Gasteiger partial charge >= 0.3 is 7.82 Å². The maximum Gasteiger partial charge on any atom is 0.469 e. The highest BCUT2D eigenvalue weighted by Gasteiger charge is 2.16. The van der Waals surface area contributed by atoms with Crippen molar-refractivity contribution < 1.29 is 28.3 Å². The van der Waals surface area contributed by atoms with E-state index in [1.54, 1.807) is 0 Å². The number of rotatable bonds is 8. The Morgan fingerprint density at radius 2 is 2.22 bits per heavy atom. The van der Waals surface area contributed by atoms with E-state index in [-0.39, 0.29) is 36.9 Å². The van der Waals surface area contributed by atoms with Crippen LogP contribution in [0.2, 0.25) is 0 Å². The summed E-state index contributed by atoms with van der Waals surface area (Å²) in [4.78, 5) is 39.0. The molecule has 0 aromatic carbocycles. The molecular weight excluding hydrogens is 333 g/mol. The summed E-state index contributed by atoms with van der Waals surface area (Å²) >= 11 is 0. The van der Waals surface area contributed by atoms with E-state index in [1.807, 2.05) is 0 Å². The van der Waals surface area contributed by atoms with Crippen LogP contribution in [-0.4, -0.2) is 55.9 Å². The van der Waals surface area contributed by atoms with Gasteiger partial charge in [0.05, 0.1) is 26.1 Å². The number of hydrogen-bond acceptors (Lipinski definition) is 8. The van der Waals surface area contributed by atoms with Crippen LogP contribution >= 0.6 is 7.82 Å². The average molecular weight is 349 g/mol.